The Labute approximate surface area is 175 Å². The highest BCUT2D eigenvalue weighted by molar-refractivity contribution is 5.63. The SMILES string of the molecule is CC(Nc1oc(COc2ccc(-c3ccccc3)cc2)nc1C#N)c1ccccc1. The van der Waals surface area contributed by atoms with E-state index in [1.165, 1.54) is 0 Å². The number of oxazole rings is 1. The summed E-state index contributed by atoms with van der Waals surface area (Å²) in [6.07, 6.45) is 0. The van der Waals surface area contributed by atoms with Crippen LogP contribution in [-0.2, 0) is 6.61 Å². The molecule has 0 aliphatic carbocycles. The number of nitriles is 1. The van der Waals surface area contributed by atoms with E-state index in [-0.39, 0.29) is 18.3 Å². The second-order valence-electron chi connectivity index (χ2n) is 6.85. The van der Waals surface area contributed by atoms with Gasteiger partial charge >= 0.3 is 0 Å². The zero-order valence-electron chi connectivity index (χ0n) is 16.6. The molecule has 0 bridgehead atoms. The first kappa shape index (κ1) is 19.3. The predicted octanol–water partition coefficient (Wildman–Crippen LogP) is 5.97. The van der Waals surface area contributed by atoms with Crippen LogP contribution in [0.25, 0.3) is 11.1 Å². The van der Waals surface area contributed by atoms with E-state index in [4.69, 9.17) is 9.15 Å². The largest absolute Gasteiger partial charge is 0.484 e. The third-order valence-corrected chi connectivity index (χ3v) is 4.75. The fraction of sp³-hybridized carbons (Fsp3) is 0.120. The van der Waals surface area contributed by atoms with Gasteiger partial charge in [0.05, 0.1) is 6.04 Å². The molecule has 1 N–H and O–H groups in total. The van der Waals surface area contributed by atoms with Crippen LogP contribution in [0, 0.1) is 11.3 Å². The van der Waals surface area contributed by atoms with Crippen molar-refractivity contribution in [2.45, 2.75) is 19.6 Å². The van der Waals surface area contributed by atoms with Gasteiger partial charge in [-0.05, 0) is 35.7 Å². The first-order valence-electron chi connectivity index (χ1n) is 9.72. The first-order valence-corrected chi connectivity index (χ1v) is 9.72. The molecule has 1 unspecified atom stereocenters. The molecule has 5 nitrogen and oxygen atoms in total. The van der Waals surface area contributed by atoms with Crippen molar-refractivity contribution in [3.8, 4) is 22.9 Å². The molecule has 30 heavy (non-hydrogen) atoms. The molecule has 0 amide bonds. The average molecular weight is 395 g/mol. The highest BCUT2D eigenvalue weighted by Gasteiger charge is 2.16. The van der Waals surface area contributed by atoms with E-state index in [9.17, 15) is 5.26 Å². The molecule has 1 heterocycles. The van der Waals surface area contributed by atoms with E-state index in [1.54, 1.807) is 0 Å². The van der Waals surface area contributed by atoms with E-state index in [1.807, 2.05) is 79.7 Å². The number of hydrogen-bond donors (Lipinski definition) is 1. The zero-order valence-corrected chi connectivity index (χ0v) is 16.6. The lowest BCUT2D eigenvalue weighted by Gasteiger charge is -2.13. The molecule has 1 aromatic heterocycles. The molecule has 4 aromatic rings. The summed E-state index contributed by atoms with van der Waals surface area (Å²) >= 11 is 0. The van der Waals surface area contributed by atoms with Gasteiger partial charge in [0.25, 0.3) is 0 Å². The van der Waals surface area contributed by atoms with Crippen molar-refractivity contribution in [3.63, 3.8) is 0 Å². The van der Waals surface area contributed by atoms with Crippen LogP contribution in [0.4, 0.5) is 5.88 Å². The van der Waals surface area contributed by atoms with E-state index in [0.717, 1.165) is 16.7 Å². The molecule has 148 valence electrons. The standard InChI is InChI=1S/C25H21N3O2/c1-18(19-8-4-2-5-9-19)27-25-23(16-26)28-24(30-25)17-29-22-14-12-21(13-15-22)20-10-6-3-7-11-20/h2-15,18,27H,17H2,1H3. The van der Waals surface area contributed by atoms with Crippen LogP contribution < -0.4 is 10.1 Å². The fourth-order valence-corrected chi connectivity index (χ4v) is 3.14. The van der Waals surface area contributed by atoms with Crippen molar-refractivity contribution in [3.05, 3.63) is 102 Å². The molecule has 0 saturated heterocycles. The lowest BCUT2D eigenvalue weighted by atomic mass is 10.1. The van der Waals surface area contributed by atoms with E-state index in [0.29, 0.717) is 17.5 Å². The molecule has 0 spiro atoms. The van der Waals surface area contributed by atoms with Crippen molar-refractivity contribution in [1.29, 1.82) is 5.26 Å². The lowest BCUT2D eigenvalue weighted by molar-refractivity contribution is 0.264. The van der Waals surface area contributed by atoms with Crippen molar-refractivity contribution >= 4 is 5.88 Å². The minimum atomic E-state index is -0.0226. The van der Waals surface area contributed by atoms with Crippen LogP contribution in [0.5, 0.6) is 5.75 Å². The highest BCUT2D eigenvalue weighted by atomic mass is 16.5. The summed E-state index contributed by atoms with van der Waals surface area (Å²) in [7, 11) is 0. The fourth-order valence-electron chi connectivity index (χ4n) is 3.14. The third-order valence-electron chi connectivity index (χ3n) is 4.75. The average Bonchev–Trinajstić information content (AvgIpc) is 3.21. The summed E-state index contributed by atoms with van der Waals surface area (Å²) in [5, 5.41) is 12.6. The summed E-state index contributed by atoms with van der Waals surface area (Å²) in [6.45, 7) is 2.14. The van der Waals surface area contributed by atoms with Crippen LogP contribution >= 0.6 is 0 Å². The molecule has 4 rings (SSSR count). The van der Waals surface area contributed by atoms with E-state index < -0.39 is 0 Å². The Morgan fingerprint density at radius 2 is 1.57 bits per heavy atom. The number of nitrogens with one attached hydrogen (secondary N) is 1. The summed E-state index contributed by atoms with van der Waals surface area (Å²) in [5.41, 5.74) is 3.58. The third kappa shape index (κ3) is 4.50. The molecule has 0 aliphatic rings. The minimum absolute atomic E-state index is 0.0226. The highest BCUT2D eigenvalue weighted by Crippen LogP contribution is 2.25. The monoisotopic (exact) mass is 395 g/mol. The predicted molar refractivity (Wildman–Crippen MR) is 116 cm³/mol. The Balaban J connectivity index is 1.41. The molecule has 0 fully saturated rings. The number of nitrogens with zero attached hydrogens (tertiary/aromatic N) is 2. The van der Waals surface area contributed by atoms with Gasteiger partial charge in [-0.3, -0.25) is 0 Å². The molecule has 3 aromatic carbocycles. The summed E-state index contributed by atoms with van der Waals surface area (Å²) in [5.74, 6) is 1.41. The van der Waals surface area contributed by atoms with Gasteiger partial charge < -0.3 is 14.5 Å². The van der Waals surface area contributed by atoms with Gasteiger partial charge in [-0.25, -0.2) is 0 Å². The first-order chi connectivity index (χ1) is 14.7. The van der Waals surface area contributed by atoms with E-state index in [2.05, 4.69) is 28.5 Å². The molecule has 0 aliphatic heterocycles. The van der Waals surface area contributed by atoms with Gasteiger partial charge in [-0.15, -0.1) is 0 Å². The molecular weight excluding hydrogens is 374 g/mol. The van der Waals surface area contributed by atoms with Crippen LogP contribution in [-0.4, -0.2) is 4.98 Å². The number of rotatable bonds is 7. The maximum Gasteiger partial charge on any atom is 0.236 e. The Morgan fingerprint density at radius 3 is 2.23 bits per heavy atom. The second-order valence-corrected chi connectivity index (χ2v) is 6.85. The summed E-state index contributed by atoms with van der Waals surface area (Å²) in [4.78, 5) is 4.24. The minimum Gasteiger partial charge on any atom is -0.484 e. The maximum absolute atomic E-state index is 9.39. The van der Waals surface area contributed by atoms with Gasteiger partial charge in [-0.1, -0.05) is 72.8 Å². The van der Waals surface area contributed by atoms with Gasteiger partial charge in [0.15, 0.2) is 6.61 Å². The second kappa shape index (κ2) is 8.97. The van der Waals surface area contributed by atoms with E-state index >= 15 is 0 Å². The molecule has 0 radical (unpaired) electrons. The maximum atomic E-state index is 9.39. The van der Waals surface area contributed by atoms with Gasteiger partial charge in [0.2, 0.25) is 17.5 Å². The van der Waals surface area contributed by atoms with Crippen molar-refractivity contribution in [2.75, 3.05) is 5.32 Å². The van der Waals surface area contributed by atoms with Crippen LogP contribution in [0.1, 0.15) is 30.1 Å². The molecule has 0 saturated carbocycles. The van der Waals surface area contributed by atoms with Crippen LogP contribution in [0.3, 0.4) is 0 Å². The Kier molecular flexibility index (Phi) is 5.77. The van der Waals surface area contributed by atoms with Crippen LogP contribution in [0.2, 0.25) is 0 Å². The quantitative estimate of drug-likeness (QED) is 0.418. The number of benzene rings is 3. The molecule has 1 atom stereocenters. The van der Waals surface area contributed by atoms with Gasteiger partial charge in [0.1, 0.15) is 11.8 Å². The van der Waals surface area contributed by atoms with Crippen LogP contribution in [0.15, 0.2) is 89.3 Å². The number of hydrogen-bond acceptors (Lipinski definition) is 5. The number of aromatic nitrogens is 1. The van der Waals surface area contributed by atoms with Gasteiger partial charge in [0, 0.05) is 0 Å². The normalized spacial score (nSPS) is 11.5. The Hall–Kier alpha value is -4.04. The van der Waals surface area contributed by atoms with Crippen molar-refractivity contribution in [2.24, 2.45) is 0 Å². The number of ether oxygens (including phenoxy) is 1. The summed E-state index contributed by atoms with van der Waals surface area (Å²) < 4.78 is 11.5. The molecular formula is C25H21N3O2. The summed E-state index contributed by atoms with van der Waals surface area (Å²) in [6, 6.07) is 30.0. The van der Waals surface area contributed by atoms with Crippen molar-refractivity contribution < 1.29 is 9.15 Å². The lowest BCUT2D eigenvalue weighted by Crippen LogP contribution is -2.06. The number of anilines is 1. The zero-order chi connectivity index (χ0) is 20.8. The molecule has 5 heteroatoms. The van der Waals surface area contributed by atoms with Gasteiger partial charge in [-0.2, -0.15) is 10.2 Å². The van der Waals surface area contributed by atoms with Crippen molar-refractivity contribution in [1.82, 2.24) is 4.98 Å². The Bertz CT molecular complexity index is 1130. The topological polar surface area (TPSA) is 71.1 Å². The Morgan fingerprint density at radius 1 is 0.933 bits per heavy atom. The smallest absolute Gasteiger partial charge is 0.236 e.